The lowest BCUT2D eigenvalue weighted by atomic mass is 10.2. The Bertz CT molecular complexity index is 671. The van der Waals surface area contributed by atoms with Crippen LogP contribution in [-0.2, 0) is 11.3 Å². The van der Waals surface area contributed by atoms with Crippen LogP contribution in [0.2, 0.25) is 0 Å². The number of nitrogens with two attached hydrogens (primary N) is 1. The van der Waals surface area contributed by atoms with Crippen LogP contribution in [0.5, 0.6) is 0 Å². The largest absolute Gasteiger partial charge is 0.337 e. The monoisotopic (exact) mass is 286 g/mol. The minimum absolute atomic E-state index is 0.173. The normalized spacial score (nSPS) is 9.81. The predicted octanol–water partition coefficient (Wildman–Crippen LogP) is 1.36. The van der Waals surface area contributed by atoms with Crippen LogP contribution in [0.3, 0.4) is 0 Å². The van der Waals surface area contributed by atoms with E-state index in [1.54, 1.807) is 29.4 Å². The fourth-order valence-corrected chi connectivity index (χ4v) is 1.71. The number of amides is 1. The lowest BCUT2D eigenvalue weighted by molar-refractivity contribution is -0.116. The lowest BCUT2D eigenvalue weighted by Gasteiger charge is -2.06. The Hall–Kier alpha value is -2.65. The van der Waals surface area contributed by atoms with Crippen molar-refractivity contribution in [2.45, 2.75) is 13.0 Å². The van der Waals surface area contributed by atoms with Crippen molar-refractivity contribution in [3.8, 4) is 11.8 Å². The van der Waals surface area contributed by atoms with Gasteiger partial charge in [-0.05, 0) is 18.2 Å². The van der Waals surface area contributed by atoms with Gasteiger partial charge in [0, 0.05) is 31.0 Å². The van der Waals surface area contributed by atoms with Crippen molar-refractivity contribution >= 4 is 11.6 Å². The summed E-state index contributed by atoms with van der Waals surface area (Å²) < 4.78 is 15.5. The fourth-order valence-electron chi connectivity index (χ4n) is 1.71. The predicted molar refractivity (Wildman–Crippen MR) is 77.8 cm³/mol. The second kappa shape index (κ2) is 7.22. The number of anilines is 1. The molecule has 5 nitrogen and oxygen atoms in total. The third kappa shape index (κ3) is 4.44. The second-order valence-electron chi connectivity index (χ2n) is 4.30. The molecule has 21 heavy (non-hydrogen) atoms. The molecule has 1 heterocycles. The first-order valence-corrected chi connectivity index (χ1v) is 6.43. The topological polar surface area (TPSA) is 72.9 Å². The average molecular weight is 286 g/mol. The van der Waals surface area contributed by atoms with Crippen molar-refractivity contribution in [2.75, 3.05) is 11.9 Å². The van der Waals surface area contributed by atoms with Crippen molar-refractivity contribution < 1.29 is 9.18 Å². The summed E-state index contributed by atoms with van der Waals surface area (Å²) in [5, 5.41) is 2.64. The third-order valence-corrected chi connectivity index (χ3v) is 2.73. The van der Waals surface area contributed by atoms with Gasteiger partial charge in [0.15, 0.2) is 0 Å². The van der Waals surface area contributed by atoms with Crippen molar-refractivity contribution in [3.05, 3.63) is 48.3 Å². The quantitative estimate of drug-likeness (QED) is 0.834. The number of hydrogen-bond acceptors (Lipinski definition) is 3. The van der Waals surface area contributed by atoms with Crippen molar-refractivity contribution in [1.82, 2.24) is 9.55 Å². The first kappa shape index (κ1) is 14.8. The molecule has 0 atom stereocenters. The SMILES string of the molecule is NCC#Cc1ccc(NC(=O)CCn2ccnc2)cc1F. The van der Waals surface area contributed by atoms with Crippen LogP contribution in [-0.4, -0.2) is 22.0 Å². The van der Waals surface area contributed by atoms with E-state index in [0.717, 1.165) is 0 Å². The fraction of sp³-hybridized carbons (Fsp3) is 0.200. The number of hydrogen-bond donors (Lipinski definition) is 2. The molecule has 1 aromatic carbocycles. The summed E-state index contributed by atoms with van der Waals surface area (Å²) in [5.74, 6) is 4.53. The van der Waals surface area contributed by atoms with Gasteiger partial charge < -0.3 is 15.6 Å². The Labute approximate surface area is 122 Å². The minimum atomic E-state index is -0.483. The maximum absolute atomic E-state index is 13.7. The highest BCUT2D eigenvalue weighted by Crippen LogP contribution is 2.14. The van der Waals surface area contributed by atoms with Gasteiger partial charge in [0.05, 0.1) is 18.4 Å². The van der Waals surface area contributed by atoms with Gasteiger partial charge >= 0.3 is 0 Å². The zero-order chi connectivity index (χ0) is 15.1. The molecule has 0 unspecified atom stereocenters. The Morgan fingerprint density at radius 1 is 1.48 bits per heavy atom. The van der Waals surface area contributed by atoms with Crippen LogP contribution in [0.1, 0.15) is 12.0 Å². The van der Waals surface area contributed by atoms with Gasteiger partial charge in [0.25, 0.3) is 0 Å². The number of aryl methyl sites for hydroxylation is 1. The molecule has 6 heteroatoms. The second-order valence-corrected chi connectivity index (χ2v) is 4.30. The molecule has 1 aromatic heterocycles. The van der Waals surface area contributed by atoms with E-state index in [1.165, 1.54) is 12.1 Å². The molecule has 0 aliphatic carbocycles. The molecule has 108 valence electrons. The highest BCUT2D eigenvalue weighted by atomic mass is 19.1. The molecule has 2 rings (SSSR count). The van der Waals surface area contributed by atoms with E-state index in [2.05, 4.69) is 22.1 Å². The molecule has 0 saturated carbocycles. The molecule has 0 aliphatic rings. The smallest absolute Gasteiger partial charge is 0.226 e. The first-order chi connectivity index (χ1) is 10.2. The molecule has 2 aromatic rings. The van der Waals surface area contributed by atoms with Gasteiger partial charge in [0.1, 0.15) is 5.82 Å². The van der Waals surface area contributed by atoms with Crippen LogP contribution in [0.25, 0.3) is 0 Å². The molecule has 0 saturated heterocycles. The van der Waals surface area contributed by atoms with Gasteiger partial charge in [-0.25, -0.2) is 9.37 Å². The third-order valence-electron chi connectivity index (χ3n) is 2.73. The molecule has 3 N–H and O–H groups in total. The average Bonchev–Trinajstić information content (AvgIpc) is 2.98. The van der Waals surface area contributed by atoms with Crippen molar-refractivity contribution in [1.29, 1.82) is 0 Å². The Balaban J connectivity index is 1.93. The summed E-state index contributed by atoms with van der Waals surface area (Å²) in [4.78, 5) is 15.7. The van der Waals surface area contributed by atoms with Gasteiger partial charge in [-0.1, -0.05) is 11.8 Å². The summed E-state index contributed by atoms with van der Waals surface area (Å²) in [7, 11) is 0. The summed E-state index contributed by atoms with van der Waals surface area (Å²) in [5.41, 5.74) is 5.90. The van der Waals surface area contributed by atoms with Crippen molar-refractivity contribution in [2.24, 2.45) is 5.73 Å². The summed E-state index contributed by atoms with van der Waals surface area (Å²) >= 11 is 0. The number of nitrogens with one attached hydrogen (secondary N) is 1. The standard InChI is InChI=1S/C15H15FN4O/c16-14-10-13(4-3-12(14)2-1-6-17)19-15(21)5-8-20-9-7-18-11-20/h3-4,7,9-11H,5-6,8,17H2,(H,19,21). The van der Waals surface area contributed by atoms with Crippen LogP contribution in [0, 0.1) is 17.7 Å². The molecular formula is C15H15FN4O. The maximum atomic E-state index is 13.7. The molecule has 0 radical (unpaired) electrons. The van der Waals surface area contributed by atoms with Gasteiger partial charge in [-0.2, -0.15) is 0 Å². The highest BCUT2D eigenvalue weighted by Gasteiger charge is 2.05. The summed E-state index contributed by atoms with van der Waals surface area (Å²) in [6.45, 7) is 0.695. The number of halogens is 1. The molecule has 0 fully saturated rings. The highest BCUT2D eigenvalue weighted by molar-refractivity contribution is 5.90. The van der Waals surface area contributed by atoms with Crippen molar-refractivity contribution in [3.63, 3.8) is 0 Å². The number of carbonyl (C=O) groups is 1. The van der Waals surface area contributed by atoms with Crippen LogP contribution >= 0.6 is 0 Å². The zero-order valence-corrected chi connectivity index (χ0v) is 11.3. The van der Waals surface area contributed by atoms with E-state index >= 15 is 0 Å². The van der Waals surface area contributed by atoms with Gasteiger partial charge in [0.2, 0.25) is 5.91 Å². The van der Waals surface area contributed by atoms with Crippen LogP contribution < -0.4 is 11.1 Å². The molecule has 1 amide bonds. The van der Waals surface area contributed by atoms with E-state index in [4.69, 9.17) is 5.73 Å². The van der Waals surface area contributed by atoms with E-state index in [1.807, 2.05) is 0 Å². The van der Waals surface area contributed by atoms with E-state index in [-0.39, 0.29) is 24.4 Å². The minimum Gasteiger partial charge on any atom is -0.337 e. The number of aromatic nitrogens is 2. The number of imidazole rings is 1. The van der Waals surface area contributed by atoms with Gasteiger partial charge in [-0.3, -0.25) is 4.79 Å². The van der Waals surface area contributed by atoms with Crippen LogP contribution in [0.15, 0.2) is 36.9 Å². The number of carbonyl (C=O) groups excluding carboxylic acids is 1. The van der Waals surface area contributed by atoms with E-state index < -0.39 is 5.82 Å². The molecular weight excluding hydrogens is 271 g/mol. The first-order valence-electron chi connectivity index (χ1n) is 6.43. The Kier molecular flexibility index (Phi) is 5.07. The number of nitrogens with zero attached hydrogens (tertiary/aromatic N) is 2. The summed E-state index contributed by atoms with van der Waals surface area (Å²) in [6, 6.07) is 4.37. The van der Waals surface area contributed by atoms with Crippen LogP contribution in [0.4, 0.5) is 10.1 Å². The molecule has 0 bridgehead atoms. The maximum Gasteiger partial charge on any atom is 0.226 e. The number of benzene rings is 1. The molecule has 0 spiro atoms. The van der Waals surface area contributed by atoms with E-state index in [9.17, 15) is 9.18 Å². The number of rotatable bonds is 4. The van der Waals surface area contributed by atoms with Gasteiger partial charge in [-0.15, -0.1) is 0 Å². The zero-order valence-electron chi connectivity index (χ0n) is 11.3. The Morgan fingerprint density at radius 3 is 3.00 bits per heavy atom. The summed E-state index contributed by atoms with van der Waals surface area (Å²) in [6.07, 6.45) is 5.34. The Morgan fingerprint density at radius 2 is 2.33 bits per heavy atom. The lowest BCUT2D eigenvalue weighted by Crippen LogP contribution is -2.14. The molecule has 0 aliphatic heterocycles. The van der Waals surface area contributed by atoms with E-state index in [0.29, 0.717) is 12.2 Å².